The van der Waals surface area contributed by atoms with Crippen molar-refractivity contribution >= 4 is 5.91 Å². The van der Waals surface area contributed by atoms with Crippen LogP contribution in [-0.2, 0) is 6.42 Å². The number of likely N-dealkylation sites (tertiary alicyclic amines) is 1. The van der Waals surface area contributed by atoms with E-state index in [2.05, 4.69) is 30.3 Å². The lowest BCUT2D eigenvalue weighted by molar-refractivity contribution is 0.0690. The van der Waals surface area contributed by atoms with Crippen LogP contribution in [0, 0.1) is 5.92 Å². The third kappa shape index (κ3) is 4.85. The summed E-state index contributed by atoms with van der Waals surface area (Å²) in [6, 6.07) is 18.1. The molecule has 0 aliphatic carbocycles. The van der Waals surface area contributed by atoms with E-state index in [9.17, 15) is 4.79 Å². The Bertz CT molecular complexity index is 671. The molecule has 1 fully saturated rings. The van der Waals surface area contributed by atoms with Crippen LogP contribution in [0.5, 0.6) is 5.75 Å². The second kappa shape index (κ2) is 8.19. The van der Waals surface area contributed by atoms with E-state index in [1.807, 2.05) is 43.0 Å². The molecule has 1 amide bonds. The maximum Gasteiger partial charge on any atom is 0.253 e. The molecule has 0 radical (unpaired) electrons. The van der Waals surface area contributed by atoms with E-state index in [4.69, 9.17) is 4.74 Å². The summed E-state index contributed by atoms with van der Waals surface area (Å²) in [4.78, 5) is 14.7. The molecule has 3 heteroatoms. The first-order chi connectivity index (χ1) is 12.1. The number of amides is 1. The number of ether oxygens (including phenoxy) is 1. The average Bonchev–Trinajstić information content (AvgIpc) is 2.63. The molecule has 1 aliphatic rings. The normalized spacial score (nSPS) is 15.4. The molecule has 25 heavy (non-hydrogen) atoms. The first kappa shape index (κ1) is 17.5. The van der Waals surface area contributed by atoms with E-state index < -0.39 is 0 Å². The molecule has 3 rings (SSSR count). The summed E-state index contributed by atoms with van der Waals surface area (Å²) in [5.74, 6) is 1.62. The standard InChI is InChI=1S/C22H27NO2/c1-17(2)25-21-10-8-20(9-11-21)22(24)23-14-12-19(13-15-23)16-18-6-4-3-5-7-18/h3-11,17,19H,12-16H2,1-2H3. The molecule has 1 aliphatic heterocycles. The van der Waals surface area contributed by atoms with Gasteiger partial charge in [-0.15, -0.1) is 0 Å². The lowest BCUT2D eigenvalue weighted by atomic mass is 9.90. The van der Waals surface area contributed by atoms with E-state index in [1.165, 1.54) is 5.56 Å². The van der Waals surface area contributed by atoms with E-state index in [1.54, 1.807) is 0 Å². The molecule has 132 valence electrons. The number of hydrogen-bond acceptors (Lipinski definition) is 2. The minimum absolute atomic E-state index is 0.134. The van der Waals surface area contributed by atoms with Crippen molar-refractivity contribution in [3.63, 3.8) is 0 Å². The zero-order valence-corrected chi connectivity index (χ0v) is 15.2. The molecule has 3 nitrogen and oxygen atoms in total. The largest absolute Gasteiger partial charge is 0.491 e. The van der Waals surface area contributed by atoms with Gasteiger partial charge in [-0.3, -0.25) is 4.79 Å². The van der Waals surface area contributed by atoms with Gasteiger partial charge in [-0.1, -0.05) is 30.3 Å². The predicted octanol–water partition coefficient (Wildman–Crippen LogP) is 4.57. The maximum absolute atomic E-state index is 12.7. The van der Waals surface area contributed by atoms with Gasteiger partial charge >= 0.3 is 0 Å². The number of hydrogen-bond donors (Lipinski definition) is 0. The SMILES string of the molecule is CC(C)Oc1ccc(C(=O)N2CCC(Cc3ccccc3)CC2)cc1. The van der Waals surface area contributed by atoms with Crippen LogP contribution in [0.25, 0.3) is 0 Å². The summed E-state index contributed by atoms with van der Waals surface area (Å²) < 4.78 is 5.64. The summed E-state index contributed by atoms with van der Waals surface area (Å²) in [6.07, 6.45) is 3.42. The monoisotopic (exact) mass is 337 g/mol. The average molecular weight is 337 g/mol. The Morgan fingerprint density at radius 2 is 1.68 bits per heavy atom. The van der Waals surface area contributed by atoms with Gasteiger partial charge in [0.1, 0.15) is 5.75 Å². The Kier molecular flexibility index (Phi) is 5.75. The highest BCUT2D eigenvalue weighted by atomic mass is 16.5. The number of nitrogens with zero attached hydrogens (tertiary/aromatic N) is 1. The van der Waals surface area contributed by atoms with Crippen LogP contribution in [0.15, 0.2) is 54.6 Å². The smallest absolute Gasteiger partial charge is 0.253 e. The molecular formula is C22H27NO2. The van der Waals surface area contributed by atoms with Gasteiger partial charge in [-0.25, -0.2) is 0 Å². The number of carbonyl (C=O) groups is 1. The third-order valence-electron chi connectivity index (χ3n) is 4.74. The van der Waals surface area contributed by atoms with Gasteiger partial charge in [-0.05, 0) is 68.9 Å². The maximum atomic E-state index is 12.7. The van der Waals surface area contributed by atoms with Crippen LogP contribution in [-0.4, -0.2) is 30.0 Å². The molecule has 2 aromatic rings. The van der Waals surface area contributed by atoms with E-state index in [0.29, 0.717) is 5.92 Å². The van der Waals surface area contributed by atoms with E-state index in [-0.39, 0.29) is 12.0 Å². The molecule has 0 saturated carbocycles. The third-order valence-corrected chi connectivity index (χ3v) is 4.74. The Balaban J connectivity index is 1.52. The second-order valence-electron chi connectivity index (χ2n) is 7.12. The highest BCUT2D eigenvalue weighted by Crippen LogP contribution is 2.23. The van der Waals surface area contributed by atoms with Crippen molar-refractivity contribution in [3.8, 4) is 5.75 Å². The van der Waals surface area contributed by atoms with Crippen LogP contribution in [0.1, 0.15) is 42.6 Å². The van der Waals surface area contributed by atoms with Crippen LogP contribution in [0.3, 0.4) is 0 Å². The van der Waals surface area contributed by atoms with Crippen molar-refractivity contribution in [1.29, 1.82) is 0 Å². The van der Waals surface area contributed by atoms with Gasteiger partial charge < -0.3 is 9.64 Å². The number of benzene rings is 2. The quantitative estimate of drug-likeness (QED) is 0.800. The Hall–Kier alpha value is -2.29. The fourth-order valence-electron chi connectivity index (χ4n) is 3.42. The second-order valence-corrected chi connectivity index (χ2v) is 7.12. The molecular weight excluding hydrogens is 310 g/mol. The van der Waals surface area contributed by atoms with Crippen LogP contribution < -0.4 is 4.74 Å². The summed E-state index contributed by atoms with van der Waals surface area (Å²) in [5, 5.41) is 0. The number of rotatable bonds is 5. The summed E-state index contributed by atoms with van der Waals surface area (Å²) >= 11 is 0. The van der Waals surface area contributed by atoms with Gasteiger partial charge in [-0.2, -0.15) is 0 Å². The van der Waals surface area contributed by atoms with Crippen LogP contribution in [0.2, 0.25) is 0 Å². The topological polar surface area (TPSA) is 29.5 Å². The first-order valence-corrected chi connectivity index (χ1v) is 9.22. The lowest BCUT2D eigenvalue weighted by Crippen LogP contribution is -2.38. The highest BCUT2D eigenvalue weighted by molar-refractivity contribution is 5.94. The Morgan fingerprint density at radius 1 is 1.04 bits per heavy atom. The molecule has 0 aromatic heterocycles. The number of piperidine rings is 1. The Morgan fingerprint density at radius 3 is 2.28 bits per heavy atom. The number of carbonyl (C=O) groups excluding carboxylic acids is 1. The molecule has 0 spiro atoms. The van der Waals surface area contributed by atoms with Crippen molar-refractivity contribution in [3.05, 3.63) is 65.7 Å². The van der Waals surface area contributed by atoms with E-state index >= 15 is 0 Å². The molecule has 1 saturated heterocycles. The zero-order chi connectivity index (χ0) is 17.6. The molecule has 0 atom stereocenters. The van der Waals surface area contributed by atoms with Crippen LogP contribution >= 0.6 is 0 Å². The van der Waals surface area contributed by atoms with Crippen molar-refractivity contribution in [2.45, 2.75) is 39.2 Å². The molecule has 0 unspecified atom stereocenters. The van der Waals surface area contributed by atoms with Gasteiger partial charge in [0.15, 0.2) is 0 Å². The fraction of sp³-hybridized carbons (Fsp3) is 0.409. The van der Waals surface area contributed by atoms with Crippen molar-refractivity contribution in [1.82, 2.24) is 4.90 Å². The summed E-state index contributed by atoms with van der Waals surface area (Å²) in [5.41, 5.74) is 2.14. The van der Waals surface area contributed by atoms with Crippen LogP contribution in [0.4, 0.5) is 0 Å². The highest BCUT2D eigenvalue weighted by Gasteiger charge is 2.23. The van der Waals surface area contributed by atoms with Gasteiger partial charge in [0, 0.05) is 18.7 Å². The van der Waals surface area contributed by atoms with E-state index in [0.717, 1.165) is 43.7 Å². The fourth-order valence-corrected chi connectivity index (χ4v) is 3.42. The predicted molar refractivity (Wildman–Crippen MR) is 101 cm³/mol. The minimum Gasteiger partial charge on any atom is -0.491 e. The van der Waals surface area contributed by atoms with Crippen molar-refractivity contribution in [2.75, 3.05) is 13.1 Å². The lowest BCUT2D eigenvalue weighted by Gasteiger charge is -2.32. The van der Waals surface area contributed by atoms with Gasteiger partial charge in [0.25, 0.3) is 5.91 Å². The molecule has 1 heterocycles. The molecule has 0 N–H and O–H groups in total. The minimum atomic E-state index is 0.134. The molecule has 2 aromatic carbocycles. The van der Waals surface area contributed by atoms with Gasteiger partial charge in [0.2, 0.25) is 0 Å². The summed E-state index contributed by atoms with van der Waals surface area (Å²) in [6.45, 7) is 5.69. The van der Waals surface area contributed by atoms with Crippen molar-refractivity contribution < 1.29 is 9.53 Å². The van der Waals surface area contributed by atoms with Gasteiger partial charge in [0.05, 0.1) is 6.10 Å². The summed E-state index contributed by atoms with van der Waals surface area (Å²) in [7, 11) is 0. The molecule has 0 bridgehead atoms. The Labute approximate surface area is 150 Å². The zero-order valence-electron chi connectivity index (χ0n) is 15.2. The first-order valence-electron chi connectivity index (χ1n) is 9.22. The van der Waals surface area contributed by atoms with Crippen molar-refractivity contribution in [2.24, 2.45) is 5.92 Å².